The van der Waals surface area contributed by atoms with E-state index < -0.39 is 6.10 Å². The maximum absolute atomic E-state index is 12.0. The average molecular weight is 184 g/mol. The van der Waals surface area contributed by atoms with E-state index in [0.717, 1.165) is 0 Å². The zero-order valence-electron chi connectivity index (χ0n) is 6.85. The molecular weight excluding hydrogens is 175 g/mol. The first-order valence-corrected chi connectivity index (χ1v) is 3.76. The molecule has 1 atom stereocenters. The van der Waals surface area contributed by atoms with Crippen LogP contribution in [0.5, 0.6) is 0 Å². The van der Waals surface area contributed by atoms with E-state index in [-0.39, 0.29) is 13.1 Å². The molecule has 0 saturated heterocycles. The van der Waals surface area contributed by atoms with Gasteiger partial charge in [-0.3, -0.25) is 4.79 Å². The third-order valence-electron chi connectivity index (χ3n) is 1.59. The number of ether oxygens (including phenoxy) is 1. The number of carbonyl (C=O) groups is 1. The van der Waals surface area contributed by atoms with Gasteiger partial charge in [0, 0.05) is 0 Å². The molecule has 70 valence electrons. The molecule has 4 heteroatoms. The van der Waals surface area contributed by atoms with E-state index in [4.69, 9.17) is 0 Å². The van der Waals surface area contributed by atoms with Crippen LogP contribution in [0.25, 0.3) is 0 Å². The van der Waals surface area contributed by atoms with Crippen molar-refractivity contribution in [1.29, 1.82) is 0 Å². The van der Waals surface area contributed by atoms with Gasteiger partial charge in [0.05, 0.1) is 0 Å². The lowest BCUT2D eigenvalue weighted by Gasteiger charge is -2.09. The molecule has 13 heavy (non-hydrogen) atoms. The van der Waals surface area contributed by atoms with Crippen molar-refractivity contribution in [3.63, 3.8) is 0 Å². The molecule has 0 aromatic heterocycles. The summed E-state index contributed by atoms with van der Waals surface area (Å²) in [6.07, 6.45) is -0.841. The lowest BCUT2D eigenvalue weighted by molar-refractivity contribution is -0.197. The van der Waals surface area contributed by atoms with Crippen molar-refractivity contribution in [3.05, 3.63) is 35.9 Å². The molecule has 0 heterocycles. The lowest BCUT2D eigenvalue weighted by atomic mass is 10.1. The van der Waals surface area contributed by atoms with Gasteiger partial charge >= 0.3 is 0 Å². The van der Waals surface area contributed by atoms with Crippen molar-refractivity contribution < 1.29 is 19.0 Å². The van der Waals surface area contributed by atoms with E-state index >= 15 is 0 Å². The van der Waals surface area contributed by atoms with Gasteiger partial charge in [-0.25, -0.2) is 0 Å². The third-order valence-corrected chi connectivity index (χ3v) is 1.59. The number of benzene rings is 1. The second-order valence-corrected chi connectivity index (χ2v) is 2.42. The second-order valence-electron chi connectivity index (χ2n) is 2.42. The maximum Gasteiger partial charge on any atom is 0.293 e. The van der Waals surface area contributed by atoms with E-state index in [1.54, 1.807) is 30.3 Å². The first kappa shape index (κ1) is 9.67. The molecule has 1 rings (SSSR count). The molecule has 0 bridgehead atoms. The second kappa shape index (κ2) is 5.27. The molecule has 0 amide bonds. The number of carbonyl (C=O) groups excluding carboxylic acids is 1. The first-order valence-electron chi connectivity index (χ1n) is 3.76. The standard InChI is InChI=1S/C9H9FO3/c10-13-9(6-12-7-11)8-4-2-1-3-5-8/h1-5,7,9H,6H2. The molecule has 0 aliphatic heterocycles. The summed E-state index contributed by atoms with van der Waals surface area (Å²) in [7, 11) is 0. The largest absolute Gasteiger partial charge is 0.465 e. The van der Waals surface area contributed by atoms with Gasteiger partial charge in [-0.2, -0.15) is 4.94 Å². The van der Waals surface area contributed by atoms with E-state index in [1.807, 2.05) is 0 Å². The maximum atomic E-state index is 12.0. The molecule has 0 radical (unpaired) electrons. The van der Waals surface area contributed by atoms with Gasteiger partial charge in [0.25, 0.3) is 6.47 Å². The van der Waals surface area contributed by atoms with Gasteiger partial charge in [-0.15, -0.1) is 0 Å². The van der Waals surface area contributed by atoms with Crippen molar-refractivity contribution in [3.8, 4) is 0 Å². The first-order chi connectivity index (χ1) is 6.38. The van der Waals surface area contributed by atoms with Crippen molar-refractivity contribution >= 4 is 6.47 Å². The fraction of sp³-hybridized carbons (Fsp3) is 0.222. The highest BCUT2D eigenvalue weighted by atomic mass is 19.3. The minimum atomic E-state index is -0.841. The molecule has 1 unspecified atom stereocenters. The summed E-state index contributed by atoms with van der Waals surface area (Å²) in [6, 6.07) is 8.70. The fourth-order valence-electron chi connectivity index (χ4n) is 0.968. The summed E-state index contributed by atoms with van der Waals surface area (Å²) < 4.78 is 16.4. The molecule has 3 nitrogen and oxygen atoms in total. The van der Waals surface area contributed by atoms with Crippen LogP contribution in [-0.2, 0) is 14.5 Å². The number of rotatable bonds is 5. The predicted octanol–water partition coefficient (Wildman–Crippen LogP) is 1.80. The Morgan fingerprint density at radius 1 is 1.38 bits per heavy atom. The Hall–Kier alpha value is -1.42. The lowest BCUT2D eigenvalue weighted by Crippen LogP contribution is -2.07. The Labute approximate surface area is 75.0 Å². The van der Waals surface area contributed by atoms with Gasteiger partial charge in [0.1, 0.15) is 6.61 Å². The molecule has 1 aromatic rings. The van der Waals surface area contributed by atoms with Crippen molar-refractivity contribution in [1.82, 2.24) is 0 Å². The smallest absolute Gasteiger partial charge is 0.293 e. The minimum Gasteiger partial charge on any atom is -0.465 e. The summed E-state index contributed by atoms with van der Waals surface area (Å²) in [5, 5.41) is 0. The number of hydrogen-bond donors (Lipinski definition) is 0. The monoisotopic (exact) mass is 184 g/mol. The van der Waals surface area contributed by atoms with Crippen molar-refractivity contribution in [2.45, 2.75) is 6.10 Å². The van der Waals surface area contributed by atoms with Crippen LogP contribution in [0.15, 0.2) is 30.3 Å². The van der Waals surface area contributed by atoms with Gasteiger partial charge < -0.3 is 4.74 Å². The fourth-order valence-corrected chi connectivity index (χ4v) is 0.968. The summed E-state index contributed by atoms with van der Waals surface area (Å²) in [5.41, 5.74) is 0.631. The molecule has 0 saturated carbocycles. The van der Waals surface area contributed by atoms with Gasteiger partial charge in [0.2, 0.25) is 0 Å². The number of hydrogen-bond acceptors (Lipinski definition) is 3. The van der Waals surface area contributed by atoms with Crippen LogP contribution in [0.3, 0.4) is 0 Å². The number of halogens is 1. The van der Waals surface area contributed by atoms with E-state index in [1.165, 1.54) is 0 Å². The summed E-state index contributed by atoms with van der Waals surface area (Å²) in [6.45, 7) is 0.138. The normalized spacial score (nSPS) is 12.1. The van der Waals surface area contributed by atoms with Crippen LogP contribution in [0.2, 0.25) is 0 Å². The summed E-state index contributed by atoms with van der Waals surface area (Å²) >= 11 is 0. The Morgan fingerprint density at radius 2 is 2.08 bits per heavy atom. The highest BCUT2D eigenvalue weighted by molar-refractivity contribution is 5.37. The highest BCUT2D eigenvalue weighted by Gasteiger charge is 2.12. The van der Waals surface area contributed by atoms with Crippen molar-refractivity contribution in [2.75, 3.05) is 6.61 Å². The van der Waals surface area contributed by atoms with Crippen LogP contribution in [0.1, 0.15) is 11.7 Å². The predicted molar refractivity (Wildman–Crippen MR) is 43.4 cm³/mol. The third kappa shape index (κ3) is 2.83. The van der Waals surface area contributed by atoms with Crippen molar-refractivity contribution in [2.24, 2.45) is 0 Å². The van der Waals surface area contributed by atoms with Gasteiger partial charge in [0.15, 0.2) is 6.10 Å². The Kier molecular flexibility index (Phi) is 3.92. The van der Waals surface area contributed by atoms with E-state index in [2.05, 4.69) is 9.68 Å². The zero-order chi connectivity index (χ0) is 9.52. The molecule has 0 aliphatic rings. The molecule has 0 spiro atoms. The molecule has 0 fully saturated rings. The van der Waals surface area contributed by atoms with Gasteiger partial charge in [-0.1, -0.05) is 30.3 Å². The van der Waals surface area contributed by atoms with Gasteiger partial charge in [-0.05, 0) is 10.1 Å². The zero-order valence-corrected chi connectivity index (χ0v) is 6.85. The van der Waals surface area contributed by atoms with Crippen LogP contribution in [0.4, 0.5) is 4.53 Å². The quantitative estimate of drug-likeness (QED) is 0.654. The SMILES string of the molecule is O=COCC(OF)c1ccccc1. The van der Waals surface area contributed by atoms with Crippen LogP contribution in [0, 0.1) is 0 Å². The molecule has 0 N–H and O–H groups in total. The highest BCUT2D eigenvalue weighted by Crippen LogP contribution is 2.17. The summed E-state index contributed by atoms with van der Waals surface area (Å²) in [4.78, 5) is 13.5. The Morgan fingerprint density at radius 3 is 2.62 bits per heavy atom. The topological polar surface area (TPSA) is 35.5 Å². The average Bonchev–Trinajstić information content (AvgIpc) is 2.21. The molecular formula is C9H9FO3. The summed E-state index contributed by atoms with van der Waals surface area (Å²) in [5.74, 6) is 0. The molecule has 0 aliphatic carbocycles. The molecule has 1 aromatic carbocycles. The Balaban J connectivity index is 2.61. The van der Waals surface area contributed by atoms with Crippen LogP contribution < -0.4 is 0 Å². The van der Waals surface area contributed by atoms with Crippen LogP contribution in [-0.4, -0.2) is 13.1 Å². The minimum absolute atomic E-state index is 0.121. The van der Waals surface area contributed by atoms with E-state index in [9.17, 15) is 9.32 Å². The Bertz CT molecular complexity index is 250. The van der Waals surface area contributed by atoms with Crippen LogP contribution >= 0.6 is 0 Å². The van der Waals surface area contributed by atoms with E-state index in [0.29, 0.717) is 5.56 Å².